The summed E-state index contributed by atoms with van der Waals surface area (Å²) in [6.07, 6.45) is 2.70. The van der Waals surface area contributed by atoms with E-state index in [1.165, 1.54) is 12.1 Å². The van der Waals surface area contributed by atoms with Crippen molar-refractivity contribution in [3.8, 4) is 11.6 Å². The smallest absolute Gasteiger partial charge is 0.234 e. The molecule has 2 aromatic rings. The largest absolute Gasteiger partial charge is 0.439 e. The van der Waals surface area contributed by atoms with Crippen molar-refractivity contribution in [2.24, 2.45) is 0 Å². The molecule has 0 spiro atoms. The van der Waals surface area contributed by atoms with E-state index in [-0.39, 0.29) is 23.9 Å². The average Bonchev–Trinajstić information content (AvgIpc) is 2.54. The molecule has 0 aliphatic heterocycles. The highest BCUT2D eigenvalue weighted by Crippen LogP contribution is 2.25. The van der Waals surface area contributed by atoms with Crippen LogP contribution in [-0.2, 0) is 21.2 Å². The van der Waals surface area contributed by atoms with Gasteiger partial charge in [-0.05, 0) is 31.3 Å². The number of carbonyl (C=O) groups excluding carboxylic acids is 1. The van der Waals surface area contributed by atoms with Crippen molar-refractivity contribution in [1.29, 1.82) is 0 Å². The maximum absolute atomic E-state index is 11.6. The molecule has 128 valence electrons. The van der Waals surface area contributed by atoms with E-state index in [2.05, 4.69) is 15.6 Å². The number of likely N-dealkylation sites (N-methyl/N-ethyl adjacent to an activating group) is 1. The van der Waals surface area contributed by atoms with Gasteiger partial charge in [0.1, 0.15) is 5.75 Å². The Balaban J connectivity index is 2.17. The Morgan fingerprint density at radius 1 is 1.25 bits per heavy atom. The van der Waals surface area contributed by atoms with E-state index in [9.17, 15) is 13.2 Å². The molecule has 0 aliphatic carbocycles. The lowest BCUT2D eigenvalue weighted by Gasteiger charge is -2.11. The highest BCUT2D eigenvalue weighted by Gasteiger charge is 2.11. The summed E-state index contributed by atoms with van der Waals surface area (Å²) in [6.45, 7) is 0.475. The van der Waals surface area contributed by atoms with Gasteiger partial charge >= 0.3 is 0 Å². The molecule has 1 aromatic heterocycles. The fourth-order valence-corrected chi connectivity index (χ4v) is 2.60. The lowest BCUT2D eigenvalue weighted by Crippen LogP contribution is -2.31. The normalized spacial score (nSPS) is 11.1. The lowest BCUT2D eigenvalue weighted by atomic mass is 10.2. The minimum Gasteiger partial charge on any atom is -0.439 e. The Bertz CT molecular complexity index is 822. The van der Waals surface area contributed by atoms with Crippen LogP contribution in [0.2, 0.25) is 0 Å². The van der Waals surface area contributed by atoms with Crippen LogP contribution in [0.25, 0.3) is 0 Å². The minimum absolute atomic E-state index is 0.147. The Morgan fingerprint density at radius 3 is 2.75 bits per heavy atom. The second-order valence-corrected chi connectivity index (χ2v) is 7.14. The van der Waals surface area contributed by atoms with Crippen LogP contribution in [0.3, 0.4) is 0 Å². The van der Waals surface area contributed by atoms with E-state index in [1.54, 1.807) is 37.5 Å². The van der Waals surface area contributed by atoms with Crippen LogP contribution >= 0.6 is 0 Å². The molecule has 2 rings (SSSR count). The third-order valence-electron chi connectivity index (χ3n) is 3.11. The molecule has 24 heavy (non-hydrogen) atoms. The van der Waals surface area contributed by atoms with E-state index in [0.717, 1.165) is 6.26 Å². The lowest BCUT2D eigenvalue weighted by molar-refractivity contribution is -0.120. The summed E-state index contributed by atoms with van der Waals surface area (Å²) in [4.78, 5) is 15.9. The molecule has 1 heterocycles. The third-order valence-corrected chi connectivity index (χ3v) is 4.22. The molecule has 0 unspecified atom stereocenters. The van der Waals surface area contributed by atoms with E-state index in [1.807, 2.05) is 0 Å². The molecule has 0 radical (unpaired) electrons. The summed E-state index contributed by atoms with van der Waals surface area (Å²) in [7, 11) is -1.63. The molecular formula is C16H19N3O4S. The molecule has 8 heteroatoms. The topological polar surface area (TPSA) is 97.4 Å². The van der Waals surface area contributed by atoms with Gasteiger partial charge in [0, 0.05) is 24.6 Å². The molecule has 7 nitrogen and oxygen atoms in total. The Labute approximate surface area is 141 Å². The molecule has 0 fully saturated rings. The summed E-state index contributed by atoms with van der Waals surface area (Å²) in [5.41, 5.74) is 0.687. The molecule has 0 atom stereocenters. The van der Waals surface area contributed by atoms with Gasteiger partial charge in [-0.1, -0.05) is 12.1 Å². The number of rotatable bonds is 7. The number of aromatic nitrogens is 1. The highest BCUT2D eigenvalue weighted by atomic mass is 32.2. The van der Waals surface area contributed by atoms with Gasteiger partial charge in [0.05, 0.1) is 11.4 Å². The number of hydrogen-bond donors (Lipinski definition) is 2. The average molecular weight is 349 g/mol. The van der Waals surface area contributed by atoms with Crippen molar-refractivity contribution in [3.63, 3.8) is 0 Å². The van der Waals surface area contributed by atoms with Crippen molar-refractivity contribution in [2.45, 2.75) is 11.4 Å². The zero-order chi connectivity index (χ0) is 17.6. The fraction of sp³-hybridized carbons (Fsp3) is 0.250. The van der Waals surface area contributed by atoms with Crippen molar-refractivity contribution in [1.82, 2.24) is 15.6 Å². The molecule has 0 saturated heterocycles. The fourth-order valence-electron chi connectivity index (χ4n) is 1.95. The molecule has 1 aromatic carbocycles. The monoisotopic (exact) mass is 349 g/mol. The maximum atomic E-state index is 11.6. The predicted molar refractivity (Wildman–Crippen MR) is 89.6 cm³/mol. The van der Waals surface area contributed by atoms with Crippen LogP contribution in [0.4, 0.5) is 0 Å². The molecule has 0 bridgehead atoms. The summed E-state index contributed by atoms with van der Waals surface area (Å²) < 4.78 is 28.9. The summed E-state index contributed by atoms with van der Waals surface area (Å²) in [5, 5.41) is 5.51. The first-order valence-electron chi connectivity index (χ1n) is 7.23. The predicted octanol–water partition coefficient (Wildman–Crippen LogP) is 1.11. The van der Waals surface area contributed by atoms with Crippen LogP contribution in [0.5, 0.6) is 11.6 Å². The third kappa shape index (κ3) is 5.04. The standard InChI is InChI=1S/C16H19N3O4S/c1-17-11-15(20)19-10-12-5-4-8-18-16(12)23-13-6-3-7-14(9-13)24(2,21)22/h3-9,17H,10-11H2,1-2H3,(H,19,20). The zero-order valence-electron chi connectivity index (χ0n) is 13.4. The number of nitrogens with one attached hydrogen (secondary N) is 2. The van der Waals surface area contributed by atoms with Gasteiger partial charge in [-0.15, -0.1) is 0 Å². The quantitative estimate of drug-likeness (QED) is 0.777. The van der Waals surface area contributed by atoms with Crippen molar-refractivity contribution in [3.05, 3.63) is 48.2 Å². The number of carbonyl (C=O) groups is 1. The Hall–Kier alpha value is -2.45. The van der Waals surface area contributed by atoms with Crippen LogP contribution in [0.15, 0.2) is 47.5 Å². The van der Waals surface area contributed by atoms with Crippen molar-refractivity contribution in [2.75, 3.05) is 19.8 Å². The van der Waals surface area contributed by atoms with E-state index in [4.69, 9.17) is 4.74 Å². The Kier molecular flexibility index (Phi) is 5.88. The number of ether oxygens (including phenoxy) is 1. The number of benzene rings is 1. The van der Waals surface area contributed by atoms with Crippen molar-refractivity contribution < 1.29 is 17.9 Å². The van der Waals surface area contributed by atoms with E-state index < -0.39 is 9.84 Å². The van der Waals surface area contributed by atoms with Gasteiger partial charge in [-0.25, -0.2) is 13.4 Å². The molecular weight excluding hydrogens is 330 g/mol. The SMILES string of the molecule is CNCC(=O)NCc1cccnc1Oc1cccc(S(C)(=O)=O)c1. The first-order chi connectivity index (χ1) is 11.4. The first-order valence-corrected chi connectivity index (χ1v) is 9.12. The highest BCUT2D eigenvalue weighted by molar-refractivity contribution is 7.90. The molecule has 0 aliphatic rings. The molecule has 1 amide bonds. The van der Waals surface area contributed by atoms with Crippen LogP contribution in [-0.4, -0.2) is 39.2 Å². The van der Waals surface area contributed by atoms with E-state index >= 15 is 0 Å². The molecule has 0 saturated carbocycles. The van der Waals surface area contributed by atoms with Gasteiger partial charge in [-0.2, -0.15) is 0 Å². The van der Waals surface area contributed by atoms with Crippen LogP contribution < -0.4 is 15.4 Å². The van der Waals surface area contributed by atoms with Crippen molar-refractivity contribution >= 4 is 15.7 Å². The summed E-state index contributed by atoms with van der Waals surface area (Å²) in [5.74, 6) is 0.527. The Morgan fingerprint density at radius 2 is 2.04 bits per heavy atom. The van der Waals surface area contributed by atoms with Gasteiger partial charge in [0.25, 0.3) is 0 Å². The van der Waals surface area contributed by atoms with Gasteiger partial charge in [0.2, 0.25) is 11.8 Å². The molecule has 2 N–H and O–H groups in total. The maximum Gasteiger partial charge on any atom is 0.234 e. The second-order valence-electron chi connectivity index (χ2n) is 5.12. The number of hydrogen-bond acceptors (Lipinski definition) is 6. The number of nitrogens with zero attached hydrogens (tertiary/aromatic N) is 1. The summed E-state index contributed by atoms with van der Waals surface area (Å²) >= 11 is 0. The van der Waals surface area contributed by atoms with E-state index in [0.29, 0.717) is 17.2 Å². The first kappa shape index (κ1) is 17.9. The number of pyridine rings is 1. The van der Waals surface area contributed by atoms with Crippen LogP contribution in [0.1, 0.15) is 5.56 Å². The van der Waals surface area contributed by atoms with Gasteiger partial charge in [-0.3, -0.25) is 4.79 Å². The zero-order valence-corrected chi connectivity index (χ0v) is 14.3. The second kappa shape index (κ2) is 7.89. The van der Waals surface area contributed by atoms with Crippen LogP contribution in [0, 0.1) is 0 Å². The number of sulfone groups is 1. The van der Waals surface area contributed by atoms with Gasteiger partial charge < -0.3 is 15.4 Å². The van der Waals surface area contributed by atoms with Gasteiger partial charge in [0.15, 0.2) is 9.84 Å². The summed E-state index contributed by atoms with van der Waals surface area (Å²) in [6, 6.07) is 9.70. The number of amides is 1. The minimum atomic E-state index is -3.32.